The van der Waals surface area contributed by atoms with Crippen LogP contribution in [0.1, 0.15) is 37.6 Å². The van der Waals surface area contributed by atoms with Gasteiger partial charge in [-0.3, -0.25) is 0 Å². The molecule has 0 saturated heterocycles. The zero-order valence-corrected chi connectivity index (χ0v) is 12.6. The molecule has 2 aromatic rings. The Hall–Kier alpha value is -1.94. The van der Waals surface area contributed by atoms with Gasteiger partial charge in [0.15, 0.2) is 11.5 Å². The molecule has 21 heavy (non-hydrogen) atoms. The Labute approximate surface area is 125 Å². The Balaban J connectivity index is 1.63. The van der Waals surface area contributed by atoms with Crippen molar-refractivity contribution in [2.45, 2.75) is 39.4 Å². The number of aryl methyl sites for hydroxylation is 1. The van der Waals surface area contributed by atoms with Crippen LogP contribution in [0.5, 0.6) is 11.5 Å². The zero-order valence-electron chi connectivity index (χ0n) is 12.6. The first-order valence-corrected chi connectivity index (χ1v) is 7.55. The molecule has 0 aliphatic carbocycles. The summed E-state index contributed by atoms with van der Waals surface area (Å²) in [6.45, 7) is 6.63. The number of nitrogens with one attached hydrogen (secondary N) is 1. The minimum absolute atomic E-state index is 0.268. The van der Waals surface area contributed by atoms with Gasteiger partial charge in [0.2, 0.25) is 6.79 Å². The van der Waals surface area contributed by atoms with Gasteiger partial charge in [0, 0.05) is 31.0 Å². The van der Waals surface area contributed by atoms with E-state index in [-0.39, 0.29) is 6.04 Å². The Morgan fingerprint density at radius 3 is 2.95 bits per heavy atom. The van der Waals surface area contributed by atoms with Gasteiger partial charge in [-0.15, -0.1) is 0 Å². The van der Waals surface area contributed by atoms with Gasteiger partial charge in [-0.25, -0.2) is 0 Å². The molecule has 1 aliphatic rings. The van der Waals surface area contributed by atoms with Crippen molar-refractivity contribution in [2.75, 3.05) is 6.79 Å². The van der Waals surface area contributed by atoms with Crippen molar-refractivity contribution in [1.82, 2.24) is 9.88 Å². The number of nitrogens with zero attached hydrogens (tertiary/aromatic N) is 1. The lowest BCUT2D eigenvalue weighted by molar-refractivity contribution is 0.174. The molecule has 0 amide bonds. The van der Waals surface area contributed by atoms with Crippen LogP contribution < -0.4 is 14.8 Å². The first-order valence-electron chi connectivity index (χ1n) is 7.55. The SMILES string of the molecule is CCCn1cccc1CNC(C)c1ccc2c(c1)OCO2. The lowest BCUT2D eigenvalue weighted by Gasteiger charge is -2.16. The Bertz CT molecular complexity index is 607. The second-order valence-corrected chi connectivity index (χ2v) is 5.41. The van der Waals surface area contributed by atoms with Crippen molar-refractivity contribution >= 4 is 0 Å². The van der Waals surface area contributed by atoms with E-state index in [0.717, 1.165) is 31.0 Å². The van der Waals surface area contributed by atoms with Crippen molar-refractivity contribution < 1.29 is 9.47 Å². The Kier molecular flexibility index (Phi) is 4.15. The molecule has 2 heterocycles. The van der Waals surface area contributed by atoms with Gasteiger partial charge in [0.05, 0.1) is 0 Å². The molecule has 0 radical (unpaired) electrons. The van der Waals surface area contributed by atoms with Crippen molar-refractivity contribution in [3.8, 4) is 11.5 Å². The Morgan fingerprint density at radius 2 is 2.10 bits per heavy atom. The molecule has 0 saturated carbocycles. The molecule has 4 heteroatoms. The lowest BCUT2D eigenvalue weighted by atomic mass is 10.1. The zero-order chi connectivity index (χ0) is 14.7. The molecule has 1 aliphatic heterocycles. The van der Waals surface area contributed by atoms with Crippen molar-refractivity contribution in [3.63, 3.8) is 0 Å². The normalized spacial score (nSPS) is 14.4. The third kappa shape index (κ3) is 3.05. The molecule has 1 atom stereocenters. The molecule has 0 fully saturated rings. The molecule has 1 aromatic heterocycles. The summed E-state index contributed by atoms with van der Waals surface area (Å²) in [4.78, 5) is 0. The van der Waals surface area contributed by atoms with Gasteiger partial charge < -0.3 is 19.4 Å². The predicted octanol–water partition coefficient (Wildman–Crippen LogP) is 3.48. The van der Waals surface area contributed by atoms with Crippen LogP contribution in [0, 0.1) is 0 Å². The first kappa shape index (κ1) is 14.0. The van der Waals surface area contributed by atoms with Gasteiger partial charge in [-0.2, -0.15) is 0 Å². The number of hydrogen-bond acceptors (Lipinski definition) is 3. The highest BCUT2D eigenvalue weighted by atomic mass is 16.7. The van der Waals surface area contributed by atoms with Crippen LogP contribution in [0.25, 0.3) is 0 Å². The van der Waals surface area contributed by atoms with Crippen LogP contribution in [-0.2, 0) is 13.1 Å². The topological polar surface area (TPSA) is 35.4 Å². The van der Waals surface area contributed by atoms with Crippen LogP contribution in [0.15, 0.2) is 36.5 Å². The molecule has 3 rings (SSSR count). The molecular weight excluding hydrogens is 264 g/mol. The van der Waals surface area contributed by atoms with Gasteiger partial charge >= 0.3 is 0 Å². The fourth-order valence-electron chi connectivity index (χ4n) is 2.63. The quantitative estimate of drug-likeness (QED) is 0.883. The van der Waals surface area contributed by atoms with Crippen LogP contribution >= 0.6 is 0 Å². The number of hydrogen-bond donors (Lipinski definition) is 1. The number of rotatable bonds is 6. The van der Waals surface area contributed by atoms with E-state index in [0.29, 0.717) is 6.79 Å². The number of fused-ring (bicyclic) bond motifs is 1. The summed E-state index contributed by atoms with van der Waals surface area (Å²) in [5.74, 6) is 1.68. The number of benzene rings is 1. The lowest BCUT2D eigenvalue weighted by Crippen LogP contribution is -2.20. The molecule has 1 aromatic carbocycles. The maximum atomic E-state index is 5.44. The second-order valence-electron chi connectivity index (χ2n) is 5.41. The summed E-state index contributed by atoms with van der Waals surface area (Å²) in [6.07, 6.45) is 3.30. The summed E-state index contributed by atoms with van der Waals surface area (Å²) in [5.41, 5.74) is 2.54. The summed E-state index contributed by atoms with van der Waals surface area (Å²) in [7, 11) is 0. The number of aromatic nitrogens is 1. The van der Waals surface area contributed by atoms with Gasteiger partial charge in [-0.1, -0.05) is 13.0 Å². The highest BCUT2D eigenvalue weighted by molar-refractivity contribution is 5.45. The maximum Gasteiger partial charge on any atom is 0.231 e. The van der Waals surface area contributed by atoms with Gasteiger partial charge in [0.25, 0.3) is 0 Å². The maximum absolute atomic E-state index is 5.44. The van der Waals surface area contributed by atoms with Crippen LogP contribution in [0.3, 0.4) is 0 Å². The fraction of sp³-hybridized carbons (Fsp3) is 0.412. The van der Waals surface area contributed by atoms with E-state index in [2.05, 4.69) is 54.2 Å². The minimum Gasteiger partial charge on any atom is -0.454 e. The minimum atomic E-state index is 0.268. The highest BCUT2D eigenvalue weighted by Crippen LogP contribution is 2.34. The molecule has 1 N–H and O–H groups in total. The number of ether oxygens (including phenoxy) is 2. The fourth-order valence-corrected chi connectivity index (χ4v) is 2.63. The van der Waals surface area contributed by atoms with Crippen molar-refractivity contribution in [3.05, 3.63) is 47.8 Å². The molecular formula is C17H22N2O2. The van der Waals surface area contributed by atoms with E-state index >= 15 is 0 Å². The molecule has 0 spiro atoms. The third-order valence-corrected chi connectivity index (χ3v) is 3.87. The van der Waals surface area contributed by atoms with Crippen molar-refractivity contribution in [2.24, 2.45) is 0 Å². The summed E-state index contributed by atoms with van der Waals surface area (Å²) >= 11 is 0. The Morgan fingerprint density at radius 1 is 1.24 bits per heavy atom. The smallest absolute Gasteiger partial charge is 0.231 e. The van der Waals surface area contributed by atoms with Crippen molar-refractivity contribution in [1.29, 1.82) is 0 Å². The van der Waals surface area contributed by atoms with E-state index in [9.17, 15) is 0 Å². The molecule has 112 valence electrons. The monoisotopic (exact) mass is 286 g/mol. The molecule has 1 unspecified atom stereocenters. The average molecular weight is 286 g/mol. The third-order valence-electron chi connectivity index (χ3n) is 3.87. The van der Waals surface area contributed by atoms with E-state index in [1.165, 1.54) is 11.3 Å². The van der Waals surface area contributed by atoms with Crippen LogP contribution in [0.4, 0.5) is 0 Å². The van der Waals surface area contributed by atoms with E-state index in [1.807, 2.05) is 6.07 Å². The van der Waals surface area contributed by atoms with Crippen LogP contribution in [-0.4, -0.2) is 11.4 Å². The predicted molar refractivity (Wildman–Crippen MR) is 82.5 cm³/mol. The molecule has 4 nitrogen and oxygen atoms in total. The largest absolute Gasteiger partial charge is 0.454 e. The second kappa shape index (κ2) is 6.22. The van der Waals surface area contributed by atoms with E-state index in [1.54, 1.807) is 0 Å². The molecule has 0 bridgehead atoms. The van der Waals surface area contributed by atoms with Crippen LogP contribution in [0.2, 0.25) is 0 Å². The van der Waals surface area contributed by atoms with E-state index < -0.39 is 0 Å². The average Bonchev–Trinajstić information content (AvgIpc) is 3.13. The summed E-state index contributed by atoms with van der Waals surface area (Å²) < 4.78 is 13.1. The first-order chi connectivity index (χ1) is 10.3. The van der Waals surface area contributed by atoms with Gasteiger partial charge in [-0.05, 0) is 43.2 Å². The highest BCUT2D eigenvalue weighted by Gasteiger charge is 2.15. The van der Waals surface area contributed by atoms with E-state index in [4.69, 9.17) is 9.47 Å². The summed E-state index contributed by atoms with van der Waals surface area (Å²) in [5, 5.41) is 3.57. The van der Waals surface area contributed by atoms with Gasteiger partial charge in [0.1, 0.15) is 0 Å². The summed E-state index contributed by atoms with van der Waals surface area (Å²) in [6, 6.07) is 10.7. The standard InChI is InChI=1S/C17H22N2O2/c1-3-8-19-9-4-5-15(19)11-18-13(2)14-6-7-16-17(10-14)21-12-20-16/h4-7,9-10,13,18H,3,8,11-12H2,1-2H3.